The molecule has 8 heteroatoms. The molecule has 166 valence electrons. The third-order valence-electron chi connectivity index (χ3n) is 6.06. The smallest absolute Gasteiger partial charge is 0.255 e. The number of hydrogen-bond donors (Lipinski definition) is 0. The lowest BCUT2D eigenvalue weighted by atomic mass is 10.1. The van der Waals surface area contributed by atoms with Crippen molar-refractivity contribution in [2.24, 2.45) is 0 Å². The van der Waals surface area contributed by atoms with Crippen LogP contribution in [0.2, 0.25) is 5.02 Å². The largest absolute Gasteiger partial charge is 0.368 e. The average molecular weight is 462 g/mol. The normalized spacial score (nSPS) is 18.6. The van der Waals surface area contributed by atoms with Gasteiger partial charge in [-0.3, -0.25) is 4.79 Å². The summed E-state index contributed by atoms with van der Waals surface area (Å²) >= 11 is 6.33. The summed E-state index contributed by atoms with van der Waals surface area (Å²) < 4.78 is 27.8. The van der Waals surface area contributed by atoms with E-state index in [0.717, 1.165) is 44.5 Å². The van der Waals surface area contributed by atoms with Gasteiger partial charge in [-0.15, -0.1) is 0 Å². The molecule has 2 heterocycles. The predicted molar refractivity (Wildman–Crippen MR) is 123 cm³/mol. The molecule has 2 aliphatic heterocycles. The number of carbonyl (C=O) groups excluding carboxylic acids is 1. The van der Waals surface area contributed by atoms with Crippen molar-refractivity contribution in [2.75, 3.05) is 44.2 Å². The van der Waals surface area contributed by atoms with Gasteiger partial charge in [0.1, 0.15) is 0 Å². The lowest BCUT2D eigenvalue weighted by Crippen LogP contribution is -2.48. The highest BCUT2D eigenvalue weighted by Crippen LogP contribution is 2.26. The van der Waals surface area contributed by atoms with E-state index < -0.39 is 10.0 Å². The topological polar surface area (TPSA) is 60.9 Å². The zero-order valence-electron chi connectivity index (χ0n) is 17.5. The summed E-state index contributed by atoms with van der Waals surface area (Å²) in [4.78, 5) is 17.3. The molecule has 2 aromatic rings. The molecule has 2 saturated heterocycles. The molecule has 2 fully saturated rings. The van der Waals surface area contributed by atoms with Gasteiger partial charge in [0.2, 0.25) is 10.0 Å². The molecule has 0 saturated carbocycles. The Labute approximate surface area is 189 Å². The van der Waals surface area contributed by atoms with E-state index in [0.29, 0.717) is 26.2 Å². The third-order valence-corrected chi connectivity index (χ3v) is 8.28. The zero-order valence-corrected chi connectivity index (χ0v) is 19.1. The molecule has 2 aliphatic rings. The number of halogens is 1. The molecule has 6 nitrogen and oxygen atoms in total. The van der Waals surface area contributed by atoms with Crippen LogP contribution in [-0.4, -0.2) is 62.8 Å². The fraction of sp³-hybridized carbons (Fsp3) is 0.435. The molecule has 0 atom stereocenters. The zero-order chi connectivity index (χ0) is 21.8. The van der Waals surface area contributed by atoms with E-state index in [-0.39, 0.29) is 21.4 Å². The standard InChI is InChI=1S/C23H28ClN3O3S/c24-22-11-10-20(31(29,30)27-12-6-1-2-7-13-27)18-21(22)23(28)26-16-14-25(15-17-26)19-8-4-3-5-9-19/h3-5,8-11,18H,1-2,6-7,12-17H2. The van der Waals surface area contributed by atoms with Gasteiger partial charge >= 0.3 is 0 Å². The number of nitrogens with zero attached hydrogens (tertiary/aromatic N) is 3. The summed E-state index contributed by atoms with van der Waals surface area (Å²) in [5.74, 6) is -0.217. The molecule has 0 bridgehead atoms. The number of rotatable bonds is 4. The number of sulfonamides is 1. The highest BCUT2D eigenvalue weighted by molar-refractivity contribution is 7.89. The van der Waals surface area contributed by atoms with Crippen molar-refractivity contribution in [1.29, 1.82) is 0 Å². The Morgan fingerprint density at radius 1 is 0.806 bits per heavy atom. The van der Waals surface area contributed by atoms with Gasteiger partial charge in [-0.25, -0.2) is 8.42 Å². The van der Waals surface area contributed by atoms with Gasteiger partial charge in [0.15, 0.2) is 0 Å². The molecule has 0 aliphatic carbocycles. The molecule has 0 spiro atoms. The molecule has 0 aromatic heterocycles. The summed E-state index contributed by atoms with van der Waals surface area (Å²) in [6, 6.07) is 14.6. The molecular weight excluding hydrogens is 434 g/mol. The summed E-state index contributed by atoms with van der Waals surface area (Å²) in [7, 11) is -3.64. The van der Waals surface area contributed by atoms with Crippen LogP contribution in [0.3, 0.4) is 0 Å². The SMILES string of the molecule is O=C(c1cc(S(=O)(=O)N2CCCCCC2)ccc1Cl)N1CCN(c2ccccc2)CC1. The Kier molecular flexibility index (Phi) is 6.84. The Morgan fingerprint density at radius 2 is 1.45 bits per heavy atom. The van der Waals surface area contributed by atoms with Crippen LogP contribution in [0, 0.1) is 0 Å². The van der Waals surface area contributed by atoms with Crippen LogP contribution in [0.5, 0.6) is 0 Å². The number of piperazine rings is 1. The first kappa shape index (κ1) is 22.1. The van der Waals surface area contributed by atoms with Gasteiger partial charge in [0.05, 0.1) is 15.5 Å². The van der Waals surface area contributed by atoms with Crippen LogP contribution in [0.4, 0.5) is 5.69 Å². The van der Waals surface area contributed by atoms with Crippen LogP contribution < -0.4 is 4.90 Å². The fourth-order valence-electron chi connectivity index (χ4n) is 4.24. The van der Waals surface area contributed by atoms with Crippen molar-refractivity contribution in [3.8, 4) is 0 Å². The minimum absolute atomic E-state index is 0.144. The van der Waals surface area contributed by atoms with Crippen LogP contribution in [0.1, 0.15) is 36.0 Å². The van der Waals surface area contributed by atoms with E-state index in [1.807, 2.05) is 18.2 Å². The van der Waals surface area contributed by atoms with Crippen LogP contribution in [0.15, 0.2) is 53.4 Å². The number of carbonyl (C=O) groups is 1. The molecule has 0 unspecified atom stereocenters. The Balaban J connectivity index is 1.50. The van der Waals surface area contributed by atoms with Gasteiger partial charge in [-0.1, -0.05) is 42.6 Å². The summed E-state index contributed by atoms with van der Waals surface area (Å²) in [5, 5.41) is 0.283. The summed E-state index contributed by atoms with van der Waals surface area (Å²) in [5.41, 5.74) is 1.39. The quantitative estimate of drug-likeness (QED) is 0.693. The number of hydrogen-bond acceptors (Lipinski definition) is 4. The number of amides is 1. The lowest BCUT2D eigenvalue weighted by Gasteiger charge is -2.36. The van der Waals surface area contributed by atoms with Crippen LogP contribution >= 0.6 is 11.6 Å². The average Bonchev–Trinajstić information content (AvgIpc) is 3.10. The first-order valence-electron chi connectivity index (χ1n) is 10.9. The minimum atomic E-state index is -3.64. The van der Waals surface area contributed by atoms with E-state index in [9.17, 15) is 13.2 Å². The van der Waals surface area contributed by atoms with Crippen molar-refractivity contribution >= 4 is 33.2 Å². The molecule has 0 radical (unpaired) electrons. The molecule has 1 amide bonds. The van der Waals surface area contributed by atoms with Gasteiger partial charge in [0.25, 0.3) is 5.91 Å². The maximum atomic E-state index is 13.2. The number of anilines is 1. The van der Waals surface area contributed by atoms with E-state index in [1.54, 1.807) is 4.90 Å². The minimum Gasteiger partial charge on any atom is -0.368 e. The number of para-hydroxylation sites is 1. The van der Waals surface area contributed by atoms with Crippen molar-refractivity contribution < 1.29 is 13.2 Å². The first-order valence-corrected chi connectivity index (χ1v) is 12.7. The maximum Gasteiger partial charge on any atom is 0.255 e. The second kappa shape index (κ2) is 9.59. The molecule has 31 heavy (non-hydrogen) atoms. The molecule has 4 rings (SSSR count). The van der Waals surface area contributed by atoms with Crippen molar-refractivity contribution in [3.05, 3.63) is 59.1 Å². The van der Waals surface area contributed by atoms with Gasteiger partial charge in [0, 0.05) is 45.0 Å². The fourth-order valence-corrected chi connectivity index (χ4v) is 5.98. The Hall–Kier alpha value is -2.09. The van der Waals surface area contributed by atoms with E-state index in [4.69, 9.17) is 11.6 Å². The lowest BCUT2D eigenvalue weighted by molar-refractivity contribution is 0.0746. The third kappa shape index (κ3) is 4.89. The predicted octanol–water partition coefficient (Wildman–Crippen LogP) is 3.87. The van der Waals surface area contributed by atoms with E-state index in [2.05, 4.69) is 17.0 Å². The maximum absolute atomic E-state index is 13.2. The Morgan fingerprint density at radius 3 is 2.10 bits per heavy atom. The summed E-state index contributed by atoms with van der Waals surface area (Å²) in [6.07, 6.45) is 3.82. The second-order valence-corrected chi connectivity index (χ2v) is 10.4. The molecule has 0 N–H and O–H groups in total. The monoisotopic (exact) mass is 461 g/mol. The highest BCUT2D eigenvalue weighted by atomic mass is 35.5. The van der Waals surface area contributed by atoms with Gasteiger partial charge in [-0.05, 0) is 43.2 Å². The van der Waals surface area contributed by atoms with Gasteiger partial charge in [-0.2, -0.15) is 4.31 Å². The first-order chi connectivity index (χ1) is 15.0. The second-order valence-electron chi connectivity index (χ2n) is 8.07. The van der Waals surface area contributed by atoms with E-state index >= 15 is 0 Å². The van der Waals surface area contributed by atoms with E-state index in [1.165, 1.54) is 22.5 Å². The van der Waals surface area contributed by atoms with Gasteiger partial charge < -0.3 is 9.80 Å². The number of benzene rings is 2. The van der Waals surface area contributed by atoms with Crippen molar-refractivity contribution in [1.82, 2.24) is 9.21 Å². The Bertz CT molecular complexity index is 1010. The molecular formula is C23H28ClN3O3S. The highest BCUT2D eigenvalue weighted by Gasteiger charge is 2.29. The van der Waals surface area contributed by atoms with Crippen LogP contribution in [0.25, 0.3) is 0 Å². The van der Waals surface area contributed by atoms with Crippen molar-refractivity contribution in [3.63, 3.8) is 0 Å². The van der Waals surface area contributed by atoms with Crippen molar-refractivity contribution in [2.45, 2.75) is 30.6 Å². The van der Waals surface area contributed by atoms with Crippen LogP contribution in [-0.2, 0) is 10.0 Å². The molecule has 2 aromatic carbocycles. The summed E-state index contributed by atoms with van der Waals surface area (Å²) in [6.45, 7) is 3.62.